The van der Waals surface area contributed by atoms with Crippen LogP contribution in [-0.4, -0.2) is 6.61 Å². The molecule has 21 heavy (non-hydrogen) atoms. The lowest BCUT2D eigenvalue weighted by Gasteiger charge is -2.21. The minimum Gasteiger partial charge on any atom is -0.493 e. The largest absolute Gasteiger partial charge is 0.493 e. The van der Waals surface area contributed by atoms with Crippen LogP contribution in [0.1, 0.15) is 30.0 Å². The molecule has 1 atom stereocenters. The van der Waals surface area contributed by atoms with Crippen LogP contribution in [0.15, 0.2) is 36.4 Å². The van der Waals surface area contributed by atoms with Crippen molar-refractivity contribution >= 4 is 17.3 Å². The Balaban J connectivity index is 1.94. The van der Waals surface area contributed by atoms with Gasteiger partial charge in [0.25, 0.3) is 0 Å². The van der Waals surface area contributed by atoms with E-state index >= 15 is 0 Å². The lowest BCUT2D eigenvalue weighted by atomic mass is 9.99. The Labute approximate surface area is 128 Å². The summed E-state index contributed by atoms with van der Waals surface area (Å²) in [6.45, 7) is 2.76. The average molecular weight is 306 g/mol. The van der Waals surface area contributed by atoms with E-state index in [2.05, 4.69) is 11.4 Å². The van der Waals surface area contributed by atoms with E-state index in [0.29, 0.717) is 11.6 Å². The molecule has 1 aliphatic rings. The predicted molar refractivity (Wildman–Crippen MR) is 83.7 cm³/mol. The van der Waals surface area contributed by atoms with Crippen molar-refractivity contribution < 1.29 is 9.13 Å². The monoisotopic (exact) mass is 305 g/mol. The summed E-state index contributed by atoms with van der Waals surface area (Å²) in [6.07, 6.45) is 1.91. The molecular weight excluding hydrogens is 289 g/mol. The van der Waals surface area contributed by atoms with Crippen LogP contribution in [-0.2, 0) is 0 Å². The van der Waals surface area contributed by atoms with E-state index in [-0.39, 0.29) is 11.9 Å². The second-order valence-electron chi connectivity index (χ2n) is 5.31. The van der Waals surface area contributed by atoms with Gasteiger partial charge in [0.1, 0.15) is 11.6 Å². The molecule has 0 aromatic heterocycles. The molecule has 2 aromatic carbocycles. The Hall–Kier alpha value is -1.74. The van der Waals surface area contributed by atoms with Gasteiger partial charge in [-0.25, -0.2) is 4.39 Å². The second kappa shape index (κ2) is 5.94. The summed E-state index contributed by atoms with van der Waals surface area (Å²) in [7, 11) is 0. The van der Waals surface area contributed by atoms with Crippen LogP contribution >= 0.6 is 11.6 Å². The number of para-hydroxylation sites is 1. The third kappa shape index (κ3) is 2.98. The van der Waals surface area contributed by atoms with E-state index in [1.54, 1.807) is 6.07 Å². The standard InChI is InChI=1S/C17H17ClFNO/c1-11-4-2-5-13-15(6-3-9-21-17(11)13)20-16-8-7-12(19)10-14(16)18/h2,4-5,7-8,10,15,20H,3,6,9H2,1H3. The first-order chi connectivity index (χ1) is 10.1. The van der Waals surface area contributed by atoms with E-state index in [4.69, 9.17) is 16.3 Å². The van der Waals surface area contributed by atoms with Gasteiger partial charge < -0.3 is 10.1 Å². The van der Waals surface area contributed by atoms with Crippen LogP contribution < -0.4 is 10.1 Å². The highest BCUT2D eigenvalue weighted by molar-refractivity contribution is 6.33. The van der Waals surface area contributed by atoms with Crippen molar-refractivity contribution in [2.45, 2.75) is 25.8 Å². The summed E-state index contributed by atoms with van der Waals surface area (Å²) in [5.74, 6) is 0.622. The highest BCUT2D eigenvalue weighted by Gasteiger charge is 2.21. The van der Waals surface area contributed by atoms with Crippen LogP contribution in [0.3, 0.4) is 0 Å². The van der Waals surface area contributed by atoms with Crippen molar-refractivity contribution in [3.8, 4) is 5.75 Å². The lowest BCUT2D eigenvalue weighted by Crippen LogP contribution is -2.10. The van der Waals surface area contributed by atoms with Gasteiger partial charge in [-0.1, -0.05) is 29.8 Å². The summed E-state index contributed by atoms with van der Waals surface area (Å²) in [5.41, 5.74) is 3.01. The maximum atomic E-state index is 13.2. The summed E-state index contributed by atoms with van der Waals surface area (Å²) in [5, 5.41) is 3.82. The fourth-order valence-corrected chi connectivity index (χ4v) is 2.93. The Kier molecular flexibility index (Phi) is 4.02. The lowest BCUT2D eigenvalue weighted by molar-refractivity contribution is 0.314. The maximum Gasteiger partial charge on any atom is 0.127 e. The third-order valence-electron chi connectivity index (χ3n) is 3.76. The Morgan fingerprint density at radius 3 is 2.95 bits per heavy atom. The van der Waals surface area contributed by atoms with Gasteiger partial charge in [0, 0.05) is 5.56 Å². The first-order valence-corrected chi connectivity index (χ1v) is 7.47. The van der Waals surface area contributed by atoms with Crippen molar-refractivity contribution in [2.24, 2.45) is 0 Å². The summed E-state index contributed by atoms with van der Waals surface area (Å²) in [6, 6.07) is 10.7. The second-order valence-corrected chi connectivity index (χ2v) is 5.71. The molecule has 0 saturated heterocycles. The fraction of sp³-hybridized carbons (Fsp3) is 0.294. The normalized spacial score (nSPS) is 17.6. The average Bonchev–Trinajstić information content (AvgIpc) is 2.66. The molecule has 0 amide bonds. The number of benzene rings is 2. The zero-order chi connectivity index (χ0) is 14.8. The molecule has 110 valence electrons. The van der Waals surface area contributed by atoms with Crippen LogP contribution in [0.25, 0.3) is 0 Å². The van der Waals surface area contributed by atoms with E-state index < -0.39 is 0 Å². The number of hydrogen-bond acceptors (Lipinski definition) is 2. The highest BCUT2D eigenvalue weighted by atomic mass is 35.5. The van der Waals surface area contributed by atoms with Crippen molar-refractivity contribution in [1.82, 2.24) is 0 Å². The van der Waals surface area contributed by atoms with Crippen molar-refractivity contribution in [3.05, 3.63) is 58.4 Å². The number of halogens is 2. The van der Waals surface area contributed by atoms with Crippen LogP contribution in [0.5, 0.6) is 5.75 Å². The molecule has 0 radical (unpaired) electrons. The first-order valence-electron chi connectivity index (χ1n) is 7.09. The molecule has 0 bridgehead atoms. The van der Waals surface area contributed by atoms with Gasteiger partial charge in [0.2, 0.25) is 0 Å². The molecule has 1 unspecified atom stereocenters. The van der Waals surface area contributed by atoms with Gasteiger partial charge in [-0.3, -0.25) is 0 Å². The molecule has 0 saturated carbocycles. The van der Waals surface area contributed by atoms with Gasteiger partial charge >= 0.3 is 0 Å². The molecule has 4 heteroatoms. The first kappa shape index (κ1) is 14.2. The molecule has 1 N–H and O–H groups in total. The molecule has 3 rings (SSSR count). The highest BCUT2D eigenvalue weighted by Crippen LogP contribution is 2.37. The van der Waals surface area contributed by atoms with Crippen molar-refractivity contribution in [1.29, 1.82) is 0 Å². The predicted octanol–water partition coefficient (Wildman–Crippen LogP) is 5.11. The van der Waals surface area contributed by atoms with E-state index in [9.17, 15) is 4.39 Å². The number of ether oxygens (including phenoxy) is 1. The molecule has 2 aromatic rings. The zero-order valence-electron chi connectivity index (χ0n) is 11.8. The van der Waals surface area contributed by atoms with Crippen LogP contribution in [0.2, 0.25) is 5.02 Å². The minimum absolute atomic E-state index is 0.116. The summed E-state index contributed by atoms with van der Waals surface area (Å²) >= 11 is 6.11. The maximum absolute atomic E-state index is 13.2. The van der Waals surface area contributed by atoms with E-state index in [1.807, 2.05) is 19.1 Å². The molecule has 0 fully saturated rings. The summed E-state index contributed by atoms with van der Waals surface area (Å²) in [4.78, 5) is 0. The number of nitrogens with one attached hydrogen (secondary N) is 1. The summed E-state index contributed by atoms with van der Waals surface area (Å²) < 4.78 is 19.0. The fourth-order valence-electron chi connectivity index (χ4n) is 2.71. The van der Waals surface area contributed by atoms with Gasteiger partial charge in [-0.15, -0.1) is 0 Å². The molecule has 2 nitrogen and oxygen atoms in total. The number of anilines is 1. The van der Waals surface area contributed by atoms with Gasteiger partial charge in [-0.05, 0) is 43.5 Å². The topological polar surface area (TPSA) is 21.3 Å². The quantitative estimate of drug-likeness (QED) is 0.832. The van der Waals surface area contributed by atoms with E-state index in [0.717, 1.165) is 35.4 Å². The smallest absolute Gasteiger partial charge is 0.127 e. The Morgan fingerprint density at radius 1 is 1.29 bits per heavy atom. The Morgan fingerprint density at radius 2 is 2.14 bits per heavy atom. The minimum atomic E-state index is -0.328. The molecule has 0 aliphatic carbocycles. The number of rotatable bonds is 2. The van der Waals surface area contributed by atoms with Crippen LogP contribution in [0.4, 0.5) is 10.1 Å². The van der Waals surface area contributed by atoms with Crippen LogP contribution in [0, 0.1) is 12.7 Å². The number of fused-ring (bicyclic) bond motifs is 1. The zero-order valence-corrected chi connectivity index (χ0v) is 12.6. The molecule has 1 aliphatic heterocycles. The molecule has 1 heterocycles. The molecule has 0 spiro atoms. The van der Waals surface area contributed by atoms with Gasteiger partial charge in [-0.2, -0.15) is 0 Å². The Bertz CT molecular complexity index is 659. The van der Waals surface area contributed by atoms with E-state index in [1.165, 1.54) is 12.1 Å². The van der Waals surface area contributed by atoms with Gasteiger partial charge in [0.05, 0.1) is 23.4 Å². The molecular formula is C17H17ClFNO. The number of aryl methyl sites for hydroxylation is 1. The number of hydrogen-bond donors (Lipinski definition) is 1. The van der Waals surface area contributed by atoms with Crippen molar-refractivity contribution in [2.75, 3.05) is 11.9 Å². The van der Waals surface area contributed by atoms with Gasteiger partial charge in [0.15, 0.2) is 0 Å². The van der Waals surface area contributed by atoms with Crippen molar-refractivity contribution in [3.63, 3.8) is 0 Å². The third-order valence-corrected chi connectivity index (χ3v) is 4.07. The SMILES string of the molecule is Cc1cccc2c1OCCCC2Nc1ccc(F)cc1Cl.